The number of aromatic nitrogens is 1. The molecule has 0 aliphatic heterocycles. The van der Waals surface area contributed by atoms with Crippen LogP contribution in [0.15, 0.2) is 22.7 Å². The number of non-ortho nitro benzene ring substituents is 1. The first-order valence-corrected chi connectivity index (χ1v) is 6.59. The molecule has 1 unspecified atom stereocenters. The molecule has 0 radical (unpaired) electrons. The van der Waals surface area contributed by atoms with Gasteiger partial charge in [-0.1, -0.05) is 5.16 Å². The lowest BCUT2D eigenvalue weighted by atomic mass is 10.1. The Kier molecular flexibility index (Phi) is 4.11. The maximum Gasteiger partial charge on any atom is 0.273 e. The van der Waals surface area contributed by atoms with Crippen LogP contribution in [0, 0.1) is 24.0 Å². The zero-order valence-electron chi connectivity index (χ0n) is 12.4. The molecule has 1 atom stereocenters. The Labute approximate surface area is 122 Å². The Morgan fingerprint density at radius 1 is 1.29 bits per heavy atom. The summed E-state index contributed by atoms with van der Waals surface area (Å²) in [5.41, 5.74) is 3.16. The quantitative estimate of drug-likeness (QED) is 0.647. The highest BCUT2D eigenvalue weighted by atomic mass is 16.6. The number of nitro benzene ring substituents is 1. The third-order valence-corrected chi connectivity index (χ3v) is 3.32. The number of rotatable bonds is 5. The summed E-state index contributed by atoms with van der Waals surface area (Å²) in [6.45, 7) is 5.68. The van der Waals surface area contributed by atoms with Gasteiger partial charge in [-0.2, -0.15) is 0 Å². The minimum atomic E-state index is -0.410. The third-order valence-electron chi connectivity index (χ3n) is 3.32. The van der Waals surface area contributed by atoms with Crippen LogP contribution in [0.2, 0.25) is 0 Å². The van der Waals surface area contributed by atoms with Gasteiger partial charge in [0.2, 0.25) is 0 Å². The molecule has 7 nitrogen and oxygen atoms in total. The van der Waals surface area contributed by atoms with Gasteiger partial charge in [-0.25, -0.2) is 0 Å². The van der Waals surface area contributed by atoms with E-state index in [1.165, 1.54) is 12.1 Å². The molecule has 0 aliphatic carbocycles. The number of nitro groups is 1. The molecule has 0 saturated heterocycles. The fourth-order valence-corrected chi connectivity index (χ4v) is 2.37. The van der Waals surface area contributed by atoms with Crippen molar-refractivity contribution in [1.29, 1.82) is 0 Å². The van der Waals surface area contributed by atoms with Gasteiger partial charge in [0.25, 0.3) is 5.69 Å². The van der Waals surface area contributed by atoms with Crippen molar-refractivity contribution in [2.75, 3.05) is 17.7 Å². The van der Waals surface area contributed by atoms with Crippen LogP contribution in [0.1, 0.15) is 30.0 Å². The van der Waals surface area contributed by atoms with Crippen LogP contribution >= 0.6 is 0 Å². The monoisotopic (exact) mass is 290 g/mol. The molecule has 7 heteroatoms. The van der Waals surface area contributed by atoms with Crippen LogP contribution in [0.5, 0.6) is 0 Å². The van der Waals surface area contributed by atoms with E-state index in [0.29, 0.717) is 11.4 Å². The first-order chi connectivity index (χ1) is 9.92. The molecule has 0 fully saturated rings. The van der Waals surface area contributed by atoms with Gasteiger partial charge >= 0.3 is 0 Å². The molecule has 1 heterocycles. The van der Waals surface area contributed by atoms with Crippen LogP contribution in [-0.2, 0) is 0 Å². The van der Waals surface area contributed by atoms with E-state index in [1.807, 2.05) is 26.8 Å². The third kappa shape index (κ3) is 3.13. The van der Waals surface area contributed by atoms with Crippen LogP contribution in [-0.4, -0.2) is 17.1 Å². The number of anilines is 2. The first kappa shape index (κ1) is 14.8. The highest BCUT2D eigenvalue weighted by Gasteiger charge is 2.17. The second-order valence-corrected chi connectivity index (χ2v) is 4.88. The summed E-state index contributed by atoms with van der Waals surface area (Å²) in [4.78, 5) is 10.6. The molecule has 2 aromatic rings. The molecule has 21 heavy (non-hydrogen) atoms. The molecular formula is C14H18N4O3. The van der Waals surface area contributed by atoms with Crippen molar-refractivity contribution < 1.29 is 9.45 Å². The molecule has 2 N–H and O–H groups in total. The second-order valence-electron chi connectivity index (χ2n) is 4.88. The van der Waals surface area contributed by atoms with Crippen molar-refractivity contribution in [3.8, 4) is 0 Å². The summed E-state index contributed by atoms with van der Waals surface area (Å²) in [7, 11) is 1.72. The topological polar surface area (TPSA) is 93.2 Å². The average Bonchev–Trinajstić information content (AvgIpc) is 2.77. The fourth-order valence-electron chi connectivity index (χ4n) is 2.37. The molecule has 0 bridgehead atoms. The van der Waals surface area contributed by atoms with Gasteiger partial charge in [0.15, 0.2) is 0 Å². The van der Waals surface area contributed by atoms with Crippen LogP contribution in [0.25, 0.3) is 0 Å². The van der Waals surface area contributed by atoms with Gasteiger partial charge in [-0.15, -0.1) is 0 Å². The molecule has 0 aliphatic rings. The Balaban J connectivity index is 2.30. The molecule has 0 amide bonds. The van der Waals surface area contributed by atoms with Crippen LogP contribution < -0.4 is 10.6 Å². The lowest BCUT2D eigenvalue weighted by molar-refractivity contribution is -0.384. The van der Waals surface area contributed by atoms with E-state index in [2.05, 4.69) is 15.8 Å². The van der Waals surface area contributed by atoms with E-state index < -0.39 is 4.92 Å². The second kappa shape index (κ2) is 5.82. The number of nitrogens with zero attached hydrogens (tertiary/aromatic N) is 2. The summed E-state index contributed by atoms with van der Waals surface area (Å²) in [6, 6.07) is 4.76. The van der Waals surface area contributed by atoms with Crippen molar-refractivity contribution in [2.24, 2.45) is 0 Å². The van der Waals surface area contributed by atoms with E-state index in [4.69, 9.17) is 4.52 Å². The molecule has 1 aromatic heterocycles. The lowest BCUT2D eigenvalue weighted by Gasteiger charge is -2.16. The normalized spacial score (nSPS) is 12.0. The van der Waals surface area contributed by atoms with Gasteiger partial charge < -0.3 is 15.2 Å². The highest BCUT2D eigenvalue weighted by molar-refractivity contribution is 5.63. The average molecular weight is 290 g/mol. The Hall–Kier alpha value is -2.57. The van der Waals surface area contributed by atoms with Crippen LogP contribution in [0.3, 0.4) is 0 Å². The first-order valence-electron chi connectivity index (χ1n) is 6.59. The van der Waals surface area contributed by atoms with Gasteiger partial charge in [-0.05, 0) is 26.8 Å². The zero-order chi connectivity index (χ0) is 15.6. The van der Waals surface area contributed by atoms with E-state index in [0.717, 1.165) is 17.0 Å². The summed E-state index contributed by atoms with van der Waals surface area (Å²) >= 11 is 0. The predicted octanol–water partition coefficient (Wildman–Crippen LogP) is 3.41. The van der Waals surface area contributed by atoms with Crippen molar-refractivity contribution >= 4 is 17.1 Å². The highest BCUT2D eigenvalue weighted by Crippen LogP contribution is 2.29. The minimum Gasteiger partial charge on any atom is -0.388 e. The summed E-state index contributed by atoms with van der Waals surface area (Å²) in [5.74, 6) is 0.742. The largest absolute Gasteiger partial charge is 0.388 e. The Morgan fingerprint density at radius 3 is 2.48 bits per heavy atom. The van der Waals surface area contributed by atoms with Gasteiger partial charge in [0, 0.05) is 36.1 Å². The van der Waals surface area contributed by atoms with Crippen molar-refractivity contribution in [3.05, 3.63) is 45.3 Å². The SMILES string of the molecule is CNc1cc(NC(C)c2c(C)noc2C)cc([N+](=O)[O-])c1. The van der Waals surface area contributed by atoms with Gasteiger partial charge in [-0.3, -0.25) is 10.1 Å². The van der Waals surface area contributed by atoms with Crippen LogP contribution in [0.4, 0.5) is 17.1 Å². The molecule has 2 rings (SSSR count). The summed E-state index contributed by atoms with van der Waals surface area (Å²) < 4.78 is 5.15. The van der Waals surface area contributed by atoms with E-state index in [-0.39, 0.29) is 11.7 Å². The van der Waals surface area contributed by atoms with E-state index in [9.17, 15) is 10.1 Å². The molecule has 0 spiro atoms. The number of hydrogen-bond acceptors (Lipinski definition) is 6. The Bertz CT molecular complexity index is 647. The number of hydrogen-bond donors (Lipinski definition) is 2. The standard InChI is InChI=1S/C14H18N4O3/c1-8(14-9(2)17-21-10(14)3)16-12-5-11(15-4)6-13(7-12)18(19)20/h5-8,15-16H,1-4H3. The molecular weight excluding hydrogens is 272 g/mol. The molecule has 112 valence electrons. The number of benzene rings is 1. The molecule has 1 aromatic carbocycles. The lowest BCUT2D eigenvalue weighted by Crippen LogP contribution is -2.09. The van der Waals surface area contributed by atoms with Crippen molar-refractivity contribution in [3.63, 3.8) is 0 Å². The van der Waals surface area contributed by atoms with Gasteiger partial charge in [0.05, 0.1) is 16.7 Å². The van der Waals surface area contributed by atoms with Crippen molar-refractivity contribution in [1.82, 2.24) is 5.16 Å². The predicted molar refractivity (Wildman–Crippen MR) is 80.7 cm³/mol. The van der Waals surface area contributed by atoms with Crippen molar-refractivity contribution in [2.45, 2.75) is 26.8 Å². The summed E-state index contributed by atoms with van der Waals surface area (Å²) in [5, 5.41) is 21.1. The maximum atomic E-state index is 11.0. The van der Waals surface area contributed by atoms with E-state index in [1.54, 1.807) is 7.05 Å². The minimum absolute atomic E-state index is 0.0373. The van der Waals surface area contributed by atoms with E-state index >= 15 is 0 Å². The Morgan fingerprint density at radius 2 is 1.95 bits per heavy atom. The number of nitrogens with one attached hydrogen (secondary N) is 2. The number of aryl methyl sites for hydroxylation is 2. The summed E-state index contributed by atoms with van der Waals surface area (Å²) in [6.07, 6.45) is 0. The molecule has 0 saturated carbocycles. The van der Waals surface area contributed by atoms with Gasteiger partial charge in [0.1, 0.15) is 5.76 Å². The smallest absolute Gasteiger partial charge is 0.273 e. The maximum absolute atomic E-state index is 11.0. The fraction of sp³-hybridized carbons (Fsp3) is 0.357. The zero-order valence-corrected chi connectivity index (χ0v) is 12.4.